The quantitative estimate of drug-likeness (QED) is 0.314. The van der Waals surface area contributed by atoms with Crippen molar-refractivity contribution in [2.45, 2.75) is 48.6 Å². The summed E-state index contributed by atoms with van der Waals surface area (Å²) >= 11 is 0. The molecular formula is C29H27N7O5S. The van der Waals surface area contributed by atoms with Gasteiger partial charge >= 0.3 is 5.76 Å². The standard InChI is InChI=1S/C29H27N7O5S/c1-42(39,40)25-24(18-11-19-8-9-20(12-18)35(19)28(37)23-15-41-29(38)33-23)34-27-21(14-32-36(27)26(25)30)17-7-10-22(31-13-17)16-5-3-2-4-6-16/h2-7,10,13-15,18-20H,8-9,11-12,30H2,1H3,(H,33,38)/t18?,19-,20?/m0/s1. The highest BCUT2D eigenvalue weighted by atomic mass is 32.2. The first kappa shape index (κ1) is 26.1. The third-order valence-corrected chi connectivity index (χ3v) is 9.44. The van der Waals surface area contributed by atoms with Gasteiger partial charge in [-0.3, -0.25) is 14.8 Å². The van der Waals surface area contributed by atoms with Crippen molar-refractivity contribution in [1.82, 2.24) is 29.5 Å². The molecule has 7 rings (SSSR count). The fourth-order valence-corrected chi connectivity index (χ4v) is 7.53. The highest BCUT2D eigenvalue weighted by Crippen LogP contribution is 2.45. The summed E-state index contributed by atoms with van der Waals surface area (Å²) in [6.45, 7) is 0. The monoisotopic (exact) mass is 585 g/mol. The summed E-state index contributed by atoms with van der Waals surface area (Å²) in [7, 11) is -3.77. The molecular weight excluding hydrogens is 558 g/mol. The van der Waals surface area contributed by atoms with Gasteiger partial charge in [-0.05, 0) is 31.7 Å². The van der Waals surface area contributed by atoms with E-state index in [2.05, 4.69) is 15.1 Å². The number of nitrogens with zero attached hydrogens (tertiary/aromatic N) is 5. The Labute approximate surface area is 240 Å². The lowest BCUT2D eigenvalue weighted by molar-refractivity contribution is 0.0562. The molecule has 4 aromatic heterocycles. The normalized spacial score (nSPS) is 20.3. The number of rotatable bonds is 5. The molecule has 214 valence electrons. The van der Waals surface area contributed by atoms with Crippen LogP contribution in [0.15, 0.2) is 75.2 Å². The molecule has 3 atom stereocenters. The average molecular weight is 586 g/mol. The second-order valence-electron chi connectivity index (χ2n) is 10.9. The number of fused-ring (bicyclic) bond motifs is 3. The van der Waals surface area contributed by atoms with E-state index in [0.29, 0.717) is 29.7 Å². The molecule has 0 saturated carbocycles. The highest BCUT2D eigenvalue weighted by molar-refractivity contribution is 7.91. The van der Waals surface area contributed by atoms with Crippen LogP contribution in [0.4, 0.5) is 5.82 Å². The second-order valence-corrected chi connectivity index (χ2v) is 12.9. The van der Waals surface area contributed by atoms with Crippen LogP contribution in [0.2, 0.25) is 0 Å². The molecule has 42 heavy (non-hydrogen) atoms. The van der Waals surface area contributed by atoms with Crippen LogP contribution in [0, 0.1) is 0 Å². The molecule has 0 radical (unpaired) electrons. The molecule has 13 heteroatoms. The number of benzene rings is 1. The van der Waals surface area contributed by atoms with Gasteiger partial charge < -0.3 is 15.1 Å². The first-order valence-electron chi connectivity index (χ1n) is 13.6. The van der Waals surface area contributed by atoms with E-state index >= 15 is 0 Å². The van der Waals surface area contributed by atoms with Gasteiger partial charge in [0, 0.05) is 47.1 Å². The molecule has 2 aliphatic heterocycles. The Kier molecular flexibility index (Phi) is 6.01. The van der Waals surface area contributed by atoms with Gasteiger partial charge in [-0.25, -0.2) is 18.2 Å². The van der Waals surface area contributed by atoms with Crippen LogP contribution in [-0.2, 0) is 9.84 Å². The van der Waals surface area contributed by atoms with Crippen molar-refractivity contribution in [2.24, 2.45) is 0 Å². The molecule has 6 heterocycles. The molecule has 1 aromatic carbocycles. The summed E-state index contributed by atoms with van der Waals surface area (Å²) in [6.07, 6.45) is 8.15. The topological polar surface area (TPSA) is 170 Å². The third kappa shape index (κ3) is 4.28. The molecule has 1 amide bonds. The Balaban J connectivity index is 1.28. The molecule has 5 aromatic rings. The van der Waals surface area contributed by atoms with Gasteiger partial charge in [0.25, 0.3) is 5.91 Å². The number of piperidine rings is 1. The molecule has 0 spiro atoms. The fourth-order valence-electron chi connectivity index (χ4n) is 6.47. The summed E-state index contributed by atoms with van der Waals surface area (Å²) < 4.78 is 32.3. The van der Waals surface area contributed by atoms with Crippen LogP contribution in [-0.4, -0.2) is 62.1 Å². The number of amides is 1. The summed E-state index contributed by atoms with van der Waals surface area (Å²) in [5.41, 5.74) is 10.7. The van der Waals surface area contributed by atoms with Gasteiger partial charge in [0.15, 0.2) is 15.5 Å². The maximum Gasteiger partial charge on any atom is 0.416 e. The largest absolute Gasteiger partial charge is 0.416 e. The SMILES string of the molecule is CS(=O)(=O)c1c(C2CC3CC[C@@H](C2)N3C(=O)c2coc(=O)[nH]2)nc2c(-c3ccc(-c4ccccc4)nc3)cnn2c1N. The van der Waals surface area contributed by atoms with E-state index < -0.39 is 15.6 Å². The number of oxazole rings is 1. The Morgan fingerprint density at radius 3 is 2.40 bits per heavy atom. The molecule has 2 bridgehead atoms. The fraction of sp³-hybridized carbons (Fsp3) is 0.276. The zero-order valence-electron chi connectivity index (χ0n) is 22.6. The molecule has 2 unspecified atom stereocenters. The van der Waals surface area contributed by atoms with Crippen molar-refractivity contribution >= 4 is 27.2 Å². The second kappa shape index (κ2) is 9.65. The van der Waals surface area contributed by atoms with Crippen LogP contribution in [0.5, 0.6) is 0 Å². The third-order valence-electron chi connectivity index (χ3n) is 8.28. The number of nitrogens with one attached hydrogen (secondary N) is 1. The van der Waals surface area contributed by atoms with Gasteiger partial charge in [-0.15, -0.1) is 0 Å². The molecule has 2 saturated heterocycles. The van der Waals surface area contributed by atoms with Gasteiger partial charge in [-0.2, -0.15) is 9.61 Å². The number of carbonyl (C=O) groups is 1. The number of nitrogen functional groups attached to an aromatic ring is 1. The average Bonchev–Trinajstić information content (AvgIpc) is 3.68. The summed E-state index contributed by atoms with van der Waals surface area (Å²) in [4.78, 5) is 38.4. The number of H-pyrrole nitrogens is 1. The van der Waals surface area contributed by atoms with E-state index in [9.17, 15) is 18.0 Å². The number of anilines is 1. The first-order chi connectivity index (χ1) is 20.2. The van der Waals surface area contributed by atoms with Crippen molar-refractivity contribution in [3.63, 3.8) is 0 Å². The minimum absolute atomic E-state index is 0.000518. The summed E-state index contributed by atoms with van der Waals surface area (Å²) in [5, 5.41) is 4.39. The van der Waals surface area contributed by atoms with Crippen LogP contribution in [0.3, 0.4) is 0 Å². The van der Waals surface area contributed by atoms with E-state index in [1.54, 1.807) is 17.3 Å². The van der Waals surface area contributed by atoms with Crippen molar-refractivity contribution in [3.8, 4) is 22.4 Å². The van der Waals surface area contributed by atoms with Gasteiger partial charge in [0.2, 0.25) is 0 Å². The van der Waals surface area contributed by atoms with Crippen molar-refractivity contribution in [3.05, 3.63) is 83.1 Å². The number of aromatic nitrogens is 5. The van der Waals surface area contributed by atoms with E-state index in [-0.39, 0.29) is 40.3 Å². The molecule has 3 N–H and O–H groups in total. The first-order valence-corrected chi connectivity index (χ1v) is 15.5. The number of aromatic amines is 1. The minimum atomic E-state index is -3.77. The van der Waals surface area contributed by atoms with Crippen molar-refractivity contribution in [1.29, 1.82) is 0 Å². The maximum atomic E-state index is 13.2. The zero-order valence-corrected chi connectivity index (χ0v) is 23.4. The van der Waals surface area contributed by atoms with E-state index in [0.717, 1.165) is 42.2 Å². The Morgan fingerprint density at radius 1 is 1.05 bits per heavy atom. The van der Waals surface area contributed by atoms with Crippen LogP contribution in [0.25, 0.3) is 28.0 Å². The van der Waals surface area contributed by atoms with Crippen LogP contribution >= 0.6 is 0 Å². The zero-order chi connectivity index (χ0) is 29.2. The van der Waals surface area contributed by atoms with Gasteiger partial charge in [0.1, 0.15) is 22.7 Å². The van der Waals surface area contributed by atoms with Crippen molar-refractivity contribution < 1.29 is 17.6 Å². The molecule has 12 nitrogen and oxygen atoms in total. The summed E-state index contributed by atoms with van der Waals surface area (Å²) in [6, 6.07) is 13.4. The lowest BCUT2D eigenvalue weighted by Crippen LogP contribution is -2.46. The smallest absolute Gasteiger partial charge is 0.416 e. The minimum Gasteiger partial charge on any atom is -0.416 e. The predicted octanol–water partition coefficient (Wildman–Crippen LogP) is 3.28. The predicted molar refractivity (Wildman–Crippen MR) is 153 cm³/mol. The molecule has 2 aliphatic rings. The molecule has 2 fully saturated rings. The number of nitrogens with two attached hydrogens (primary N) is 1. The van der Waals surface area contributed by atoms with E-state index in [1.807, 2.05) is 42.5 Å². The number of pyridine rings is 1. The Morgan fingerprint density at radius 2 is 1.79 bits per heavy atom. The highest BCUT2D eigenvalue weighted by Gasteiger charge is 2.46. The lowest BCUT2D eigenvalue weighted by atomic mass is 9.87. The van der Waals surface area contributed by atoms with E-state index in [4.69, 9.17) is 15.1 Å². The van der Waals surface area contributed by atoms with Gasteiger partial charge in [0.05, 0.1) is 17.6 Å². The number of carbonyl (C=O) groups excluding carboxylic acids is 1. The summed E-state index contributed by atoms with van der Waals surface area (Å²) in [5.74, 6) is -1.25. The number of sulfone groups is 1. The van der Waals surface area contributed by atoms with Crippen LogP contribution < -0.4 is 11.5 Å². The lowest BCUT2D eigenvalue weighted by Gasteiger charge is -2.39. The Hall–Kier alpha value is -4.78. The molecule has 0 aliphatic carbocycles. The van der Waals surface area contributed by atoms with E-state index in [1.165, 1.54) is 4.52 Å². The number of hydrogen-bond donors (Lipinski definition) is 2. The number of hydrogen-bond acceptors (Lipinski definition) is 9. The Bertz CT molecular complexity index is 1980. The van der Waals surface area contributed by atoms with Crippen molar-refractivity contribution in [2.75, 3.05) is 12.0 Å². The van der Waals surface area contributed by atoms with Crippen LogP contribution in [0.1, 0.15) is 47.8 Å². The van der Waals surface area contributed by atoms with Gasteiger partial charge in [-0.1, -0.05) is 36.4 Å². The maximum absolute atomic E-state index is 13.2.